The van der Waals surface area contributed by atoms with Crippen molar-refractivity contribution in [3.05, 3.63) is 109 Å². The van der Waals surface area contributed by atoms with Gasteiger partial charge < -0.3 is 10.1 Å². The number of nitrogens with zero attached hydrogens (tertiary/aromatic N) is 4. The number of fused-ring (bicyclic) bond motifs is 1. The van der Waals surface area contributed by atoms with Gasteiger partial charge in [0.05, 0.1) is 34.6 Å². The molecule has 0 spiro atoms. The molecule has 1 aliphatic rings. The molecule has 182 valence electrons. The van der Waals surface area contributed by atoms with E-state index in [1.54, 1.807) is 23.3 Å². The smallest absolute Gasteiger partial charge is 0.271 e. The maximum Gasteiger partial charge on any atom is 0.271 e. The first-order chi connectivity index (χ1) is 17.4. The minimum Gasteiger partial charge on any atom is -0.497 e. The first-order valence-electron chi connectivity index (χ1n) is 11.4. The number of aromatic nitrogens is 3. The largest absolute Gasteiger partial charge is 0.497 e. The summed E-state index contributed by atoms with van der Waals surface area (Å²) in [6.45, 7) is 3.71. The number of amides is 1. The third-order valence-corrected chi connectivity index (χ3v) is 7.05. The number of para-hydroxylation sites is 1. The summed E-state index contributed by atoms with van der Waals surface area (Å²) in [5, 5.41) is 7.33. The molecule has 0 saturated heterocycles. The van der Waals surface area contributed by atoms with E-state index in [4.69, 9.17) is 4.74 Å². The van der Waals surface area contributed by atoms with E-state index in [-0.39, 0.29) is 11.5 Å². The molecule has 3 heterocycles. The number of anilines is 1. The molecule has 0 radical (unpaired) electrons. The van der Waals surface area contributed by atoms with Gasteiger partial charge in [-0.1, -0.05) is 41.7 Å². The molecule has 2 aromatic carbocycles. The van der Waals surface area contributed by atoms with Crippen molar-refractivity contribution >= 4 is 29.0 Å². The van der Waals surface area contributed by atoms with Crippen molar-refractivity contribution in [3.63, 3.8) is 0 Å². The van der Waals surface area contributed by atoms with Crippen LogP contribution in [-0.4, -0.2) is 27.4 Å². The van der Waals surface area contributed by atoms with Crippen LogP contribution >= 0.6 is 11.3 Å². The van der Waals surface area contributed by atoms with Crippen molar-refractivity contribution in [2.75, 3.05) is 12.4 Å². The highest BCUT2D eigenvalue weighted by atomic mass is 32.1. The molecular formula is C27H25N5O3S. The second-order valence-corrected chi connectivity index (χ2v) is 9.53. The van der Waals surface area contributed by atoms with E-state index >= 15 is 0 Å². The minimum atomic E-state index is -0.645. The topological polar surface area (TPSA) is 90.5 Å². The normalized spacial score (nSPS) is 15.4. The lowest BCUT2D eigenvalue weighted by Gasteiger charge is -2.25. The fourth-order valence-corrected chi connectivity index (χ4v) is 5.37. The number of carbonyl (C=O) groups excluding carboxylic acids is 1. The number of nitrogens with one attached hydrogen (secondary N) is 1. The van der Waals surface area contributed by atoms with Gasteiger partial charge in [0.1, 0.15) is 5.75 Å². The molecule has 2 aromatic heterocycles. The van der Waals surface area contributed by atoms with Crippen LogP contribution in [0.25, 0.3) is 6.08 Å². The van der Waals surface area contributed by atoms with Crippen molar-refractivity contribution in [2.45, 2.75) is 19.9 Å². The molecule has 4 aromatic rings. The van der Waals surface area contributed by atoms with Crippen LogP contribution in [0.2, 0.25) is 0 Å². The second kappa shape index (κ2) is 9.43. The third-order valence-electron chi connectivity index (χ3n) is 6.07. The Morgan fingerprint density at radius 1 is 1.11 bits per heavy atom. The van der Waals surface area contributed by atoms with E-state index in [2.05, 4.69) is 15.4 Å². The van der Waals surface area contributed by atoms with Gasteiger partial charge in [-0.2, -0.15) is 5.10 Å². The molecular weight excluding hydrogens is 474 g/mol. The average molecular weight is 500 g/mol. The summed E-state index contributed by atoms with van der Waals surface area (Å²) in [6, 6.07) is 16.0. The Morgan fingerprint density at radius 2 is 1.83 bits per heavy atom. The fourth-order valence-electron chi connectivity index (χ4n) is 4.33. The van der Waals surface area contributed by atoms with Gasteiger partial charge in [0, 0.05) is 24.5 Å². The van der Waals surface area contributed by atoms with Crippen LogP contribution in [0.4, 0.5) is 5.69 Å². The molecule has 1 unspecified atom stereocenters. The number of carbonyl (C=O) groups is 1. The van der Waals surface area contributed by atoms with Crippen LogP contribution in [0.3, 0.4) is 0 Å². The van der Waals surface area contributed by atoms with Gasteiger partial charge in [-0.25, -0.2) is 4.99 Å². The summed E-state index contributed by atoms with van der Waals surface area (Å²) in [7, 11) is 3.44. The van der Waals surface area contributed by atoms with Crippen molar-refractivity contribution < 1.29 is 9.53 Å². The number of rotatable bonds is 5. The van der Waals surface area contributed by atoms with E-state index in [1.165, 1.54) is 11.3 Å². The van der Waals surface area contributed by atoms with Crippen molar-refractivity contribution in [1.82, 2.24) is 14.3 Å². The number of aryl methyl sites for hydroxylation is 2. The molecule has 0 bridgehead atoms. The van der Waals surface area contributed by atoms with E-state index in [1.807, 2.05) is 80.8 Å². The van der Waals surface area contributed by atoms with Crippen molar-refractivity contribution in [2.24, 2.45) is 12.0 Å². The van der Waals surface area contributed by atoms with Crippen LogP contribution in [0.1, 0.15) is 29.8 Å². The number of benzene rings is 2. The number of ether oxygens (including phenoxy) is 1. The van der Waals surface area contributed by atoms with Crippen LogP contribution in [0, 0.1) is 6.92 Å². The van der Waals surface area contributed by atoms with E-state index < -0.39 is 6.04 Å². The zero-order valence-electron chi connectivity index (χ0n) is 20.4. The Bertz CT molecular complexity index is 1660. The predicted molar refractivity (Wildman–Crippen MR) is 140 cm³/mol. The van der Waals surface area contributed by atoms with Gasteiger partial charge >= 0.3 is 0 Å². The van der Waals surface area contributed by atoms with Gasteiger partial charge in [0.2, 0.25) is 0 Å². The fraction of sp³-hybridized carbons (Fsp3) is 0.185. The first-order valence-corrected chi connectivity index (χ1v) is 12.2. The SMILES string of the molecule is COc1ccc(C2C(C(=O)Nc3ccccc3)=C(C)N=c3sc(=Cc4cn(C)nc4C)c(=O)n32)cc1. The lowest BCUT2D eigenvalue weighted by molar-refractivity contribution is -0.113. The summed E-state index contributed by atoms with van der Waals surface area (Å²) in [6.07, 6.45) is 3.71. The summed E-state index contributed by atoms with van der Waals surface area (Å²) in [5.41, 5.74) is 3.92. The van der Waals surface area contributed by atoms with Gasteiger partial charge in [-0.3, -0.25) is 18.8 Å². The number of methoxy groups -OCH3 is 1. The van der Waals surface area contributed by atoms with E-state index in [9.17, 15) is 9.59 Å². The highest BCUT2D eigenvalue weighted by Gasteiger charge is 2.32. The molecule has 36 heavy (non-hydrogen) atoms. The highest BCUT2D eigenvalue weighted by Crippen LogP contribution is 2.31. The molecule has 0 saturated carbocycles. The molecule has 1 N–H and O–H groups in total. The monoisotopic (exact) mass is 499 g/mol. The Hall–Kier alpha value is -4.24. The average Bonchev–Trinajstić information content (AvgIpc) is 3.35. The molecule has 1 amide bonds. The molecule has 9 heteroatoms. The number of thiazole rings is 1. The Balaban J connectivity index is 1.68. The van der Waals surface area contributed by atoms with Gasteiger partial charge in [-0.15, -0.1) is 0 Å². The van der Waals surface area contributed by atoms with E-state index in [0.717, 1.165) is 16.8 Å². The quantitative estimate of drug-likeness (QED) is 0.457. The number of hydrogen-bond acceptors (Lipinski definition) is 6. The van der Waals surface area contributed by atoms with Gasteiger partial charge in [0.25, 0.3) is 11.5 Å². The standard InChI is InChI=1S/C27H25N5O3S/c1-16-19(15-31(3)30-16)14-22-26(34)32-24(18-10-12-21(35-4)13-11-18)23(17(2)28-27(32)36-22)25(33)29-20-8-6-5-7-9-20/h5-15,24H,1-4H3,(H,29,33). The van der Waals surface area contributed by atoms with Crippen molar-refractivity contribution in [3.8, 4) is 5.75 Å². The molecule has 1 atom stereocenters. The Kier molecular flexibility index (Phi) is 6.15. The molecule has 1 aliphatic heterocycles. The van der Waals surface area contributed by atoms with Crippen LogP contribution in [0.15, 0.2) is 81.9 Å². The summed E-state index contributed by atoms with van der Waals surface area (Å²) < 4.78 is 9.17. The number of hydrogen-bond donors (Lipinski definition) is 1. The minimum absolute atomic E-state index is 0.208. The molecule has 0 fully saturated rings. The summed E-state index contributed by atoms with van der Waals surface area (Å²) >= 11 is 1.30. The first kappa shape index (κ1) is 23.5. The van der Waals surface area contributed by atoms with Crippen LogP contribution in [-0.2, 0) is 11.8 Å². The van der Waals surface area contributed by atoms with Gasteiger partial charge in [0.15, 0.2) is 4.80 Å². The van der Waals surface area contributed by atoms with Crippen LogP contribution < -0.4 is 24.9 Å². The third kappa shape index (κ3) is 4.29. The van der Waals surface area contributed by atoms with E-state index in [0.29, 0.717) is 32.0 Å². The predicted octanol–water partition coefficient (Wildman–Crippen LogP) is 2.92. The Labute approximate surface area is 211 Å². The second-order valence-electron chi connectivity index (χ2n) is 8.52. The number of allylic oxidation sites excluding steroid dienone is 1. The van der Waals surface area contributed by atoms with Gasteiger partial charge in [-0.05, 0) is 49.8 Å². The molecule has 5 rings (SSSR count). The Morgan fingerprint density at radius 3 is 2.47 bits per heavy atom. The zero-order valence-corrected chi connectivity index (χ0v) is 21.2. The summed E-state index contributed by atoms with van der Waals surface area (Å²) in [4.78, 5) is 32.5. The highest BCUT2D eigenvalue weighted by molar-refractivity contribution is 7.07. The summed E-state index contributed by atoms with van der Waals surface area (Å²) in [5.74, 6) is 0.384. The lowest BCUT2D eigenvalue weighted by Crippen LogP contribution is -2.40. The molecule has 8 nitrogen and oxygen atoms in total. The maximum absolute atomic E-state index is 13.8. The van der Waals surface area contributed by atoms with Crippen molar-refractivity contribution in [1.29, 1.82) is 0 Å². The zero-order chi connectivity index (χ0) is 25.4. The maximum atomic E-state index is 13.8. The molecule has 0 aliphatic carbocycles. The lowest BCUT2D eigenvalue weighted by atomic mass is 9.95. The van der Waals surface area contributed by atoms with Crippen LogP contribution in [0.5, 0.6) is 5.75 Å².